The lowest BCUT2D eigenvalue weighted by molar-refractivity contribution is -0.384. The molecule has 2 heterocycles. The number of rotatable bonds is 2. The lowest BCUT2D eigenvalue weighted by Crippen LogP contribution is -2.32. The number of carbonyl (C=O) groups is 1. The van der Waals surface area contributed by atoms with E-state index in [4.69, 9.17) is 19.1 Å². The van der Waals surface area contributed by atoms with Crippen molar-refractivity contribution in [2.24, 2.45) is 0 Å². The van der Waals surface area contributed by atoms with Crippen molar-refractivity contribution in [2.75, 3.05) is 0 Å². The molecule has 0 bridgehead atoms. The first kappa shape index (κ1) is 9.17. The number of ether oxygens (including phenoxy) is 2. The fraction of sp³-hybridized carbons (Fsp3) is 0.500. The van der Waals surface area contributed by atoms with Crippen molar-refractivity contribution in [3.8, 4) is 0 Å². The van der Waals surface area contributed by atoms with E-state index in [0.29, 0.717) is 0 Å². The molecule has 0 spiro atoms. The molecule has 0 atom stereocenters. The summed E-state index contributed by atoms with van der Waals surface area (Å²) in [6.45, 7) is 3.24. The highest BCUT2D eigenvalue weighted by Crippen LogP contribution is 2.33. The first-order valence-corrected chi connectivity index (χ1v) is 4.10. The molecule has 1 aliphatic heterocycles. The van der Waals surface area contributed by atoms with Crippen LogP contribution in [0.5, 0.6) is 0 Å². The van der Waals surface area contributed by atoms with Gasteiger partial charge < -0.3 is 19.1 Å². The fourth-order valence-electron chi connectivity index (χ4n) is 1.30. The van der Waals surface area contributed by atoms with E-state index in [1.807, 2.05) is 0 Å². The lowest BCUT2D eigenvalue weighted by atomic mass is 10.2. The molecule has 76 valence electrons. The third kappa shape index (κ3) is 1.28. The minimum absolute atomic E-state index is 0.0156. The van der Waals surface area contributed by atoms with Crippen LogP contribution in [0.1, 0.15) is 35.0 Å². The average molecular weight is 199 g/mol. The molecule has 1 N–H and O–H groups in total. The van der Waals surface area contributed by atoms with Crippen LogP contribution in [0.15, 0.2) is 4.52 Å². The smallest absolute Gasteiger partial charge is 0.341 e. The van der Waals surface area contributed by atoms with Crippen LogP contribution < -0.4 is 0 Å². The third-order valence-electron chi connectivity index (χ3n) is 1.96. The summed E-state index contributed by atoms with van der Waals surface area (Å²) in [5.74, 6) is -0.843. The molecule has 1 fully saturated rings. The van der Waals surface area contributed by atoms with Crippen LogP contribution in [0, 0.1) is 6.92 Å². The van der Waals surface area contributed by atoms with E-state index in [-0.39, 0.29) is 23.3 Å². The first-order valence-electron chi connectivity index (χ1n) is 4.10. The number of aromatic carboxylic acids is 1. The molecular weight excluding hydrogens is 190 g/mol. The molecule has 1 aliphatic rings. The van der Waals surface area contributed by atoms with Gasteiger partial charge in [0.15, 0.2) is 12.0 Å². The van der Waals surface area contributed by atoms with Crippen LogP contribution in [0.4, 0.5) is 0 Å². The quantitative estimate of drug-likeness (QED) is 0.767. The zero-order chi connectivity index (χ0) is 10.3. The number of nitrogens with zero attached hydrogens (tertiary/aromatic N) is 1. The van der Waals surface area contributed by atoms with Crippen LogP contribution in [-0.2, 0) is 9.47 Å². The monoisotopic (exact) mass is 199 g/mol. The Balaban J connectivity index is 2.30. The summed E-state index contributed by atoms with van der Waals surface area (Å²) in [5, 5.41) is 12.4. The maximum atomic E-state index is 10.8. The third-order valence-corrected chi connectivity index (χ3v) is 1.96. The summed E-state index contributed by atoms with van der Waals surface area (Å²) < 4.78 is 15.0. The fourth-order valence-corrected chi connectivity index (χ4v) is 1.30. The van der Waals surface area contributed by atoms with E-state index in [2.05, 4.69) is 5.16 Å². The Labute approximate surface area is 79.4 Å². The van der Waals surface area contributed by atoms with Crippen LogP contribution in [-0.4, -0.2) is 22.5 Å². The minimum atomic E-state index is -1.09. The van der Waals surface area contributed by atoms with Crippen molar-refractivity contribution in [2.45, 2.75) is 26.4 Å². The van der Waals surface area contributed by atoms with Crippen LogP contribution >= 0.6 is 0 Å². The van der Waals surface area contributed by atoms with Gasteiger partial charge in [0.1, 0.15) is 11.3 Å². The number of carboxylic acid groups (broad SMARTS) is 1. The molecule has 1 aromatic heterocycles. The van der Waals surface area contributed by atoms with Gasteiger partial charge >= 0.3 is 5.97 Å². The Morgan fingerprint density at radius 2 is 2.14 bits per heavy atom. The maximum absolute atomic E-state index is 10.8. The van der Waals surface area contributed by atoms with E-state index in [1.54, 1.807) is 6.92 Å². The molecule has 0 amide bonds. The lowest BCUT2D eigenvalue weighted by Gasteiger charge is -2.32. The summed E-state index contributed by atoms with van der Waals surface area (Å²) in [4.78, 5) is 10.8. The van der Waals surface area contributed by atoms with Crippen LogP contribution in [0.2, 0.25) is 0 Å². The molecule has 0 radical (unpaired) electrons. The van der Waals surface area contributed by atoms with Gasteiger partial charge in [-0.3, -0.25) is 0 Å². The molecule has 14 heavy (non-hydrogen) atoms. The summed E-state index contributed by atoms with van der Waals surface area (Å²) in [5.41, 5.74) is 0.204. The van der Waals surface area contributed by atoms with Crippen molar-refractivity contribution >= 4 is 5.97 Å². The summed E-state index contributed by atoms with van der Waals surface area (Å²) in [7, 11) is 0. The zero-order valence-corrected chi connectivity index (χ0v) is 7.68. The van der Waals surface area contributed by atoms with Crippen molar-refractivity contribution in [1.29, 1.82) is 0 Å². The van der Waals surface area contributed by atoms with Gasteiger partial charge in [0.25, 0.3) is 0 Å². The second-order valence-corrected chi connectivity index (χ2v) is 2.98. The standard InChI is InChI=1S/C8H9NO5/c1-3-5(7(10)11)6(9-14-3)8-12-4(2)13-8/h4,8H,1-2H3,(H,10,11). The highest BCUT2D eigenvalue weighted by Gasteiger charge is 2.36. The number of hydrogen-bond donors (Lipinski definition) is 1. The van der Waals surface area contributed by atoms with Gasteiger partial charge in [0, 0.05) is 0 Å². The number of carboxylic acids is 1. The summed E-state index contributed by atoms with van der Waals surface area (Å²) in [6.07, 6.45) is -1.03. The number of aryl methyl sites for hydroxylation is 1. The Kier molecular flexibility index (Phi) is 2.01. The molecule has 0 aliphatic carbocycles. The molecule has 0 saturated carbocycles. The Bertz CT molecular complexity index is 366. The molecule has 6 heteroatoms. The highest BCUT2D eigenvalue weighted by molar-refractivity contribution is 5.89. The second kappa shape index (κ2) is 3.07. The second-order valence-electron chi connectivity index (χ2n) is 2.98. The summed E-state index contributed by atoms with van der Waals surface area (Å²) in [6, 6.07) is 0. The average Bonchev–Trinajstić information content (AvgIpc) is 2.41. The predicted molar refractivity (Wildman–Crippen MR) is 42.6 cm³/mol. The van der Waals surface area contributed by atoms with Gasteiger partial charge in [-0.1, -0.05) is 5.16 Å². The molecule has 1 aromatic rings. The van der Waals surface area contributed by atoms with Gasteiger partial charge in [-0.2, -0.15) is 0 Å². The minimum Gasteiger partial charge on any atom is -0.477 e. The van der Waals surface area contributed by atoms with Crippen LogP contribution in [0.25, 0.3) is 0 Å². The zero-order valence-electron chi connectivity index (χ0n) is 7.68. The number of aromatic nitrogens is 1. The van der Waals surface area contributed by atoms with E-state index in [1.165, 1.54) is 6.92 Å². The van der Waals surface area contributed by atoms with Gasteiger partial charge in [-0.15, -0.1) is 0 Å². The van der Waals surface area contributed by atoms with Crippen LogP contribution in [0.3, 0.4) is 0 Å². The molecular formula is C8H9NO5. The van der Waals surface area contributed by atoms with Crippen molar-refractivity contribution in [3.63, 3.8) is 0 Å². The summed E-state index contributed by atoms with van der Waals surface area (Å²) >= 11 is 0. The highest BCUT2D eigenvalue weighted by atomic mass is 16.9. The molecule has 1 saturated heterocycles. The molecule has 0 aromatic carbocycles. The van der Waals surface area contributed by atoms with E-state index < -0.39 is 12.3 Å². The predicted octanol–water partition coefficient (Wildman–Crippen LogP) is 1.07. The number of hydrogen-bond acceptors (Lipinski definition) is 5. The van der Waals surface area contributed by atoms with Gasteiger partial charge in [-0.05, 0) is 13.8 Å². The van der Waals surface area contributed by atoms with Crippen molar-refractivity contribution < 1.29 is 23.9 Å². The van der Waals surface area contributed by atoms with E-state index in [0.717, 1.165) is 0 Å². The van der Waals surface area contributed by atoms with E-state index >= 15 is 0 Å². The van der Waals surface area contributed by atoms with Gasteiger partial charge in [0.05, 0.1) is 0 Å². The Morgan fingerprint density at radius 1 is 1.50 bits per heavy atom. The first-order chi connectivity index (χ1) is 6.59. The van der Waals surface area contributed by atoms with E-state index in [9.17, 15) is 4.79 Å². The molecule has 0 unspecified atom stereocenters. The van der Waals surface area contributed by atoms with Crippen molar-refractivity contribution in [3.05, 3.63) is 17.0 Å². The van der Waals surface area contributed by atoms with Crippen molar-refractivity contribution in [1.82, 2.24) is 5.16 Å². The molecule has 2 rings (SSSR count). The Morgan fingerprint density at radius 3 is 2.64 bits per heavy atom. The topological polar surface area (TPSA) is 81.8 Å². The Hall–Kier alpha value is -1.40. The molecule has 6 nitrogen and oxygen atoms in total. The normalized spacial score (nSPS) is 25.9. The largest absolute Gasteiger partial charge is 0.477 e. The maximum Gasteiger partial charge on any atom is 0.341 e. The SMILES string of the molecule is Cc1onc(C2OC(C)O2)c1C(=O)O. The van der Waals surface area contributed by atoms with Gasteiger partial charge in [-0.25, -0.2) is 4.79 Å². The van der Waals surface area contributed by atoms with Gasteiger partial charge in [0.2, 0.25) is 6.29 Å².